The summed E-state index contributed by atoms with van der Waals surface area (Å²) in [5.41, 5.74) is 1.36. The minimum absolute atomic E-state index is 0.385. The van der Waals surface area contributed by atoms with Gasteiger partial charge in [0.05, 0.1) is 6.54 Å². The molecule has 0 aliphatic carbocycles. The van der Waals surface area contributed by atoms with Crippen molar-refractivity contribution in [2.24, 2.45) is 0 Å². The first-order valence-corrected chi connectivity index (χ1v) is 6.90. The van der Waals surface area contributed by atoms with Crippen LogP contribution in [0.2, 0.25) is 0 Å². The Labute approximate surface area is 105 Å². The van der Waals surface area contributed by atoms with Crippen LogP contribution >= 0.6 is 11.3 Å². The van der Waals surface area contributed by atoms with Crippen LogP contribution in [-0.2, 0) is 11.3 Å². The lowest BCUT2D eigenvalue weighted by Crippen LogP contribution is -2.34. The summed E-state index contributed by atoms with van der Waals surface area (Å²) in [7, 11) is 0. The van der Waals surface area contributed by atoms with E-state index in [1.165, 1.54) is 15.6 Å². The Hall–Kier alpha value is -1.19. The highest BCUT2D eigenvalue weighted by molar-refractivity contribution is 7.17. The average Bonchev–Trinajstić information content (AvgIpc) is 2.73. The molecular weight excluding hydrogens is 230 g/mol. The summed E-state index contributed by atoms with van der Waals surface area (Å²) in [4.78, 5) is 13.7. The molecule has 0 saturated carbocycles. The summed E-state index contributed by atoms with van der Waals surface area (Å²) >= 11 is 1.79. The number of fused-ring (bicyclic) bond motifs is 1. The molecule has 3 rings (SSSR count). The Morgan fingerprint density at radius 3 is 3.06 bits per heavy atom. The van der Waals surface area contributed by atoms with Gasteiger partial charge in [0.1, 0.15) is 5.78 Å². The van der Waals surface area contributed by atoms with Crippen molar-refractivity contribution in [1.29, 1.82) is 0 Å². The lowest BCUT2D eigenvalue weighted by Gasteiger charge is -2.25. The molecule has 0 bridgehead atoms. The summed E-state index contributed by atoms with van der Waals surface area (Å²) < 4.78 is 1.34. The molecule has 3 heteroatoms. The van der Waals surface area contributed by atoms with Crippen molar-refractivity contribution < 1.29 is 4.79 Å². The third kappa shape index (κ3) is 2.26. The number of piperidine rings is 1. The van der Waals surface area contributed by atoms with Crippen LogP contribution in [-0.4, -0.2) is 23.8 Å². The monoisotopic (exact) mass is 245 g/mol. The van der Waals surface area contributed by atoms with E-state index in [4.69, 9.17) is 0 Å². The van der Waals surface area contributed by atoms with E-state index in [0.29, 0.717) is 12.3 Å². The smallest absolute Gasteiger partial charge is 0.146 e. The first-order chi connectivity index (χ1) is 8.33. The zero-order valence-corrected chi connectivity index (χ0v) is 10.5. The molecular formula is C14H15NOS. The molecule has 1 fully saturated rings. The minimum atomic E-state index is 0.385. The molecule has 17 heavy (non-hydrogen) atoms. The quantitative estimate of drug-likeness (QED) is 0.810. The van der Waals surface area contributed by atoms with E-state index < -0.39 is 0 Å². The number of thiophene rings is 1. The fourth-order valence-electron chi connectivity index (χ4n) is 2.44. The number of rotatable bonds is 2. The fourth-order valence-corrected chi connectivity index (χ4v) is 3.39. The van der Waals surface area contributed by atoms with Crippen molar-refractivity contribution in [2.75, 3.05) is 13.1 Å². The van der Waals surface area contributed by atoms with Crippen molar-refractivity contribution in [3.8, 4) is 0 Å². The normalized spacial score (nSPS) is 17.8. The van der Waals surface area contributed by atoms with Crippen LogP contribution in [0.1, 0.15) is 18.4 Å². The molecule has 1 aromatic carbocycles. The Morgan fingerprint density at radius 2 is 2.18 bits per heavy atom. The van der Waals surface area contributed by atoms with Gasteiger partial charge in [-0.3, -0.25) is 9.69 Å². The van der Waals surface area contributed by atoms with Crippen molar-refractivity contribution in [1.82, 2.24) is 4.90 Å². The Balaban J connectivity index is 1.82. The molecule has 0 atom stereocenters. The minimum Gasteiger partial charge on any atom is -0.298 e. The lowest BCUT2D eigenvalue weighted by atomic mass is 10.1. The maximum absolute atomic E-state index is 11.4. The van der Waals surface area contributed by atoms with Gasteiger partial charge < -0.3 is 0 Å². The van der Waals surface area contributed by atoms with Crippen molar-refractivity contribution >= 4 is 27.2 Å². The molecule has 0 radical (unpaired) electrons. The predicted octanol–water partition coefficient (Wildman–Crippen LogP) is 3.07. The number of likely N-dealkylation sites (tertiary alicyclic amines) is 1. The van der Waals surface area contributed by atoms with E-state index in [0.717, 1.165) is 25.9 Å². The number of nitrogens with zero attached hydrogens (tertiary/aromatic N) is 1. The fraction of sp³-hybridized carbons (Fsp3) is 0.357. The second-order valence-electron chi connectivity index (χ2n) is 4.61. The summed E-state index contributed by atoms with van der Waals surface area (Å²) in [5, 5.41) is 3.57. The van der Waals surface area contributed by atoms with Crippen LogP contribution in [0.25, 0.3) is 10.1 Å². The highest BCUT2D eigenvalue weighted by Crippen LogP contribution is 2.27. The lowest BCUT2D eigenvalue weighted by molar-refractivity contribution is -0.122. The van der Waals surface area contributed by atoms with E-state index in [2.05, 4.69) is 34.5 Å². The van der Waals surface area contributed by atoms with E-state index in [1.807, 2.05) is 0 Å². The molecule has 0 unspecified atom stereocenters. The van der Waals surface area contributed by atoms with E-state index in [9.17, 15) is 4.79 Å². The molecule has 1 aliphatic rings. The van der Waals surface area contributed by atoms with Crippen molar-refractivity contribution in [3.63, 3.8) is 0 Å². The summed E-state index contributed by atoms with van der Waals surface area (Å²) in [6.45, 7) is 2.59. The van der Waals surface area contributed by atoms with Gasteiger partial charge in [-0.2, -0.15) is 0 Å². The summed E-state index contributed by atoms with van der Waals surface area (Å²) in [6.07, 6.45) is 1.78. The topological polar surface area (TPSA) is 20.3 Å². The molecule has 1 aromatic heterocycles. The Morgan fingerprint density at radius 1 is 1.29 bits per heavy atom. The molecule has 2 aromatic rings. The van der Waals surface area contributed by atoms with Gasteiger partial charge in [0, 0.05) is 17.7 Å². The molecule has 1 aliphatic heterocycles. The first kappa shape index (κ1) is 10.9. The first-order valence-electron chi connectivity index (χ1n) is 6.02. The van der Waals surface area contributed by atoms with Crippen LogP contribution in [0.3, 0.4) is 0 Å². The maximum Gasteiger partial charge on any atom is 0.146 e. The number of ketones is 1. The zero-order valence-electron chi connectivity index (χ0n) is 9.69. The van der Waals surface area contributed by atoms with Gasteiger partial charge in [0.2, 0.25) is 0 Å². The second kappa shape index (κ2) is 4.59. The zero-order chi connectivity index (χ0) is 11.7. The van der Waals surface area contributed by atoms with E-state index in [-0.39, 0.29) is 0 Å². The molecule has 88 valence electrons. The standard InChI is InChI=1S/C14H15NOS/c16-12-4-3-7-15(9-12)8-11-10-17-14-6-2-1-5-13(11)14/h1-2,5-6,10H,3-4,7-9H2. The largest absolute Gasteiger partial charge is 0.298 e. The van der Waals surface area contributed by atoms with Gasteiger partial charge in [-0.1, -0.05) is 18.2 Å². The van der Waals surface area contributed by atoms with E-state index >= 15 is 0 Å². The number of carbonyl (C=O) groups excluding carboxylic acids is 1. The van der Waals surface area contributed by atoms with Gasteiger partial charge in [-0.05, 0) is 35.4 Å². The van der Waals surface area contributed by atoms with Gasteiger partial charge in [0.15, 0.2) is 0 Å². The Kier molecular flexibility index (Phi) is 2.95. The van der Waals surface area contributed by atoms with Gasteiger partial charge in [-0.15, -0.1) is 11.3 Å². The third-order valence-electron chi connectivity index (χ3n) is 3.29. The molecule has 2 nitrogen and oxygen atoms in total. The molecule has 2 heterocycles. The summed E-state index contributed by atoms with van der Waals surface area (Å²) in [6, 6.07) is 8.49. The van der Waals surface area contributed by atoms with Crippen LogP contribution in [0.15, 0.2) is 29.6 Å². The number of hydrogen-bond acceptors (Lipinski definition) is 3. The van der Waals surface area contributed by atoms with Crippen LogP contribution in [0.4, 0.5) is 0 Å². The van der Waals surface area contributed by atoms with E-state index in [1.54, 1.807) is 11.3 Å². The SMILES string of the molecule is O=C1CCCN(Cc2csc3ccccc23)C1. The summed E-state index contributed by atoms with van der Waals surface area (Å²) in [5.74, 6) is 0.385. The third-order valence-corrected chi connectivity index (χ3v) is 4.30. The van der Waals surface area contributed by atoms with Crippen LogP contribution in [0.5, 0.6) is 0 Å². The van der Waals surface area contributed by atoms with Gasteiger partial charge in [-0.25, -0.2) is 0 Å². The number of benzene rings is 1. The molecule has 0 amide bonds. The molecule has 0 spiro atoms. The van der Waals surface area contributed by atoms with Gasteiger partial charge in [0.25, 0.3) is 0 Å². The number of Topliss-reactive ketones (excluding diaryl/α,β-unsaturated/α-hetero) is 1. The van der Waals surface area contributed by atoms with Crippen molar-refractivity contribution in [3.05, 3.63) is 35.2 Å². The van der Waals surface area contributed by atoms with Crippen LogP contribution in [0, 0.1) is 0 Å². The predicted molar refractivity (Wildman–Crippen MR) is 71.3 cm³/mol. The van der Waals surface area contributed by atoms with Crippen LogP contribution < -0.4 is 0 Å². The average molecular weight is 245 g/mol. The molecule has 0 N–H and O–H groups in total. The number of hydrogen-bond donors (Lipinski definition) is 0. The Bertz CT molecular complexity index is 546. The van der Waals surface area contributed by atoms with Gasteiger partial charge >= 0.3 is 0 Å². The molecule has 1 saturated heterocycles. The van der Waals surface area contributed by atoms with Crippen molar-refractivity contribution in [2.45, 2.75) is 19.4 Å². The maximum atomic E-state index is 11.4. The number of carbonyl (C=O) groups is 1. The highest BCUT2D eigenvalue weighted by Gasteiger charge is 2.17. The second-order valence-corrected chi connectivity index (χ2v) is 5.52. The highest BCUT2D eigenvalue weighted by atomic mass is 32.1.